The van der Waals surface area contributed by atoms with Crippen molar-refractivity contribution in [2.45, 2.75) is 25.8 Å². The average Bonchev–Trinajstić information content (AvgIpc) is 2.65. The number of halogens is 3. The molecule has 4 N–H and O–H groups in total. The maximum absolute atomic E-state index is 13.7. The van der Waals surface area contributed by atoms with Gasteiger partial charge in [0.25, 0.3) is 0 Å². The summed E-state index contributed by atoms with van der Waals surface area (Å²) in [6.07, 6.45) is 0.620. The van der Waals surface area contributed by atoms with Gasteiger partial charge in [-0.3, -0.25) is 4.79 Å². The average molecular weight is 418 g/mol. The lowest BCUT2D eigenvalue weighted by molar-refractivity contribution is -0.127. The number of urea groups is 1. The predicted octanol–water partition coefficient (Wildman–Crippen LogP) is 4.59. The summed E-state index contributed by atoms with van der Waals surface area (Å²) in [5.74, 6) is -3.98. The smallest absolute Gasteiger partial charge is 0.323 e. The van der Waals surface area contributed by atoms with Crippen molar-refractivity contribution >= 4 is 29.0 Å². The van der Waals surface area contributed by atoms with Crippen molar-refractivity contribution in [3.8, 4) is 0 Å². The van der Waals surface area contributed by atoms with Crippen LogP contribution < -0.4 is 21.3 Å². The van der Waals surface area contributed by atoms with E-state index in [2.05, 4.69) is 27.8 Å². The molecule has 1 aliphatic rings. The van der Waals surface area contributed by atoms with Crippen LogP contribution >= 0.6 is 0 Å². The molecule has 1 saturated heterocycles. The maximum atomic E-state index is 13.7. The fourth-order valence-electron chi connectivity index (χ4n) is 3.20. The number of allylic oxidation sites excluding steroid dienone is 1. The molecule has 1 unspecified atom stereocenters. The van der Waals surface area contributed by atoms with E-state index in [1.54, 1.807) is 31.2 Å². The summed E-state index contributed by atoms with van der Waals surface area (Å²) in [5.41, 5.74) is 0.183. The molecule has 6 nitrogen and oxygen atoms in total. The van der Waals surface area contributed by atoms with Crippen LogP contribution in [-0.2, 0) is 4.79 Å². The minimum atomic E-state index is -1.35. The van der Waals surface area contributed by atoms with Gasteiger partial charge < -0.3 is 21.3 Å². The van der Waals surface area contributed by atoms with Crippen molar-refractivity contribution < 1.29 is 22.8 Å². The molecule has 1 aliphatic heterocycles. The van der Waals surface area contributed by atoms with Gasteiger partial charge in [-0.15, -0.1) is 0 Å². The normalized spacial score (nSPS) is 21.0. The first-order valence-electron chi connectivity index (χ1n) is 9.18. The Bertz CT molecular complexity index is 1030. The zero-order chi connectivity index (χ0) is 22.1. The zero-order valence-corrected chi connectivity index (χ0v) is 16.4. The van der Waals surface area contributed by atoms with Gasteiger partial charge in [0.2, 0.25) is 5.91 Å². The van der Waals surface area contributed by atoms with Gasteiger partial charge in [-0.1, -0.05) is 19.6 Å². The molecule has 0 saturated carbocycles. The number of hydrogen-bond acceptors (Lipinski definition) is 3. The fourth-order valence-corrected chi connectivity index (χ4v) is 3.20. The molecule has 1 heterocycles. The molecule has 0 spiro atoms. The van der Waals surface area contributed by atoms with Gasteiger partial charge in [0.1, 0.15) is 11.4 Å². The molecule has 2 aromatic carbocycles. The van der Waals surface area contributed by atoms with Gasteiger partial charge in [-0.25, -0.2) is 18.0 Å². The van der Waals surface area contributed by atoms with E-state index >= 15 is 0 Å². The highest BCUT2D eigenvalue weighted by atomic mass is 19.2. The van der Waals surface area contributed by atoms with Gasteiger partial charge >= 0.3 is 6.03 Å². The molecule has 0 radical (unpaired) electrons. The van der Waals surface area contributed by atoms with E-state index in [1.807, 2.05) is 6.92 Å². The number of piperidine rings is 1. The highest BCUT2D eigenvalue weighted by Gasteiger charge is 2.42. The summed E-state index contributed by atoms with van der Waals surface area (Å²) in [6, 6.07) is 6.62. The Morgan fingerprint density at radius 3 is 2.47 bits per heavy atom. The summed E-state index contributed by atoms with van der Waals surface area (Å²) in [6.45, 7) is 7.51. The Morgan fingerprint density at radius 1 is 1.10 bits per heavy atom. The number of nitrogens with one attached hydrogen (secondary N) is 4. The largest absolute Gasteiger partial charge is 0.371 e. The molecular weight excluding hydrogens is 397 g/mol. The van der Waals surface area contributed by atoms with Crippen LogP contribution in [0.25, 0.3) is 0 Å². The highest BCUT2D eigenvalue weighted by Crippen LogP contribution is 2.32. The lowest BCUT2D eigenvalue weighted by Gasteiger charge is -2.40. The van der Waals surface area contributed by atoms with Crippen molar-refractivity contribution in [3.05, 3.63) is 66.1 Å². The second kappa shape index (κ2) is 8.10. The van der Waals surface area contributed by atoms with E-state index < -0.39 is 34.7 Å². The molecule has 3 rings (SSSR count). The van der Waals surface area contributed by atoms with E-state index in [1.165, 1.54) is 0 Å². The quantitative estimate of drug-likeness (QED) is 0.548. The van der Waals surface area contributed by atoms with Crippen LogP contribution in [0.1, 0.15) is 20.3 Å². The van der Waals surface area contributed by atoms with Crippen molar-refractivity contribution in [3.63, 3.8) is 0 Å². The summed E-state index contributed by atoms with van der Waals surface area (Å²) in [7, 11) is 0. The molecule has 0 aromatic heterocycles. The molecule has 158 valence electrons. The third kappa shape index (κ3) is 4.40. The Hall–Kier alpha value is -3.49. The topological polar surface area (TPSA) is 82.3 Å². The number of anilines is 3. The van der Waals surface area contributed by atoms with Crippen molar-refractivity contribution in [1.29, 1.82) is 0 Å². The number of benzene rings is 2. The molecule has 3 amide bonds. The van der Waals surface area contributed by atoms with Crippen molar-refractivity contribution in [2.24, 2.45) is 5.92 Å². The third-order valence-electron chi connectivity index (χ3n) is 5.08. The zero-order valence-electron chi connectivity index (χ0n) is 16.4. The fraction of sp³-hybridized carbons (Fsp3) is 0.238. The second-order valence-corrected chi connectivity index (χ2v) is 7.40. The molecule has 1 fully saturated rings. The monoisotopic (exact) mass is 418 g/mol. The molecule has 2 aromatic rings. The standard InChI is InChI=1S/C21H21F3N4O2/c1-11-7-12(2)25-19(29)21(11,3)28-14-6-4-5-13(8-14)26-20(30)27-18-10-16(23)15(22)9-17(18)24/h4-6,8-11,28H,2,7H2,1,3H3,(H,25,29)(H2,26,27,30)/t11-,21?/m1/s1. The first kappa shape index (κ1) is 21.2. The second-order valence-electron chi connectivity index (χ2n) is 7.40. The van der Waals surface area contributed by atoms with Crippen molar-refractivity contribution in [2.75, 3.05) is 16.0 Å². The summed E-state index contributed by atoms with van der Waals surface area (Å²) < 4.78 is 40.0. The van der Waals surface area contributed by atoms with E-state index in [4.69, 9.17) is 0 Å². The minimum absolute atomic E-state index is 0.0324. The number of rotatable bonds is 4. The molecule has 0 bridgehead atoms. The molecule has 9 heteroatoms. The molecule has 0 aliphatic carbocycles. The lowest BCUT2D eigenvalue weighted by Crippen LogP contribution is -2.57. The van der Waals surface area contributed by atoms with Gasteiger partial charge in [-0.05, 0) is 37.5 Å². The molecule has 30 heavy (non-hydrogen) atoms. The predicted molar refractivity (Wildman–Crippen MR) is 108 cm³/mol. The van der Waals surface area contributed by atoms with Crippen LogP contribution in [0.15, 0.2) is 48.7 Å². The van der Waals surface area contributed by atoms with Gasteiger partial charge in [0.15, 0.2) is 11.6 Å². The van der Waals surface area contributed by atoms with Crippen LogP contribution in [0.3, 0.4) is 0 Å². The highest BCUT2D eigenvalue weighted by molar-refractivity contribution is 6.00. The Balaban J connectivity index is 1.71. The van der Waals surface area contributed by atoms with Gasteiger partial charge in [0.05, 0.1) is 5.69 Å². The van der Waals surface area contributed by atoms with Crippen molar-refractivity contribution in [1.82, 2.24) is 5.32 Å². The minimum Gasteiger partial charge on any atom is -0.371 e. The summed E-state index contributed by atoms with van der Waals surface area (Å²) >= 11 is 0. The van der Waals surface area contributed by atoms with E-state index in [9.17, 15) is 22.8 Å². The number of carbonyl (C=O) groups excluding carboxylic acids is 2. The van der Waals surface area contributed by atoms with Crippen LogP contribution in [0.2, 0.25) is 0 Å². The van der Waals surface area contributed by atoms with E-state index in [0.717, 1.165) is 0 Å². The third-order valence-corrected chi connectivity index (χ3v) is 5.08. The maximum Gasteiger partial charge on any atom is 0.323 e. The molecule has 2 atom stereocenters. The van der Waals surface area contributed by atoms with Gasteiger partial charge in [-0.2, -0.15) is 0 Å². The van der Waals surface area contributed by atoms with E-state index in [-0.39, 0.29) is 11.8 Å². The van der Waals surface area contributed by atoms with Gasteiger partial charge in [0, 0.05) is 29.2 Å². The Morgan fingerprint density at radius 2 is 1.77 bits per heavy atom. The van der Waals surface area contributed by atoms with E-state index in [0.29, 0.717) is 35.6 Å². The number of hydrogen-bond donors (Lipinski definition) is 4. The lowest BCUT2D eigenvalue weighted by atomic mass is 9.80. The SMILES string of the molecule is C=C1C[C@@H](C)C(C)(Nc2cccc(NC(=O)Nc3cc(F)c(F)cc3F)c2)C(=O)N1. The summed E-state index contributed by atoms with van der Waals surface area (Å²) in [4.78, 5) is 24.6. The number of carbonyl (C=O) groups is 2. The Labute approximate surface area is 171 Å². The first-order valence-corrected chi connectivity index (χ1v) is 9.18. The Kier molecular flexibility index (Phi) is 5.73. The first-order chi connectivity index (χ1) is 14.1. The van der Waals surface area contributed by atoms with Crippen LogP contribution in [-0.4, -0.2) is 17.5 Å². The number of amides is 3. The summed E-state index contributed by atoms with van der Waals surface area (Å²) in [5, 5.41) is 10.5. The molecular formula is C21H21F3N4O2. The van der Waals surface area contributed by atoms with Crippen LogP contribution in [0.5, 0.6) is 0 Å². The van der Waals surface area contributed by atoms with Crippen LogP contribution in [0.4, 0.5) is 35.0 Å². The van der Waals surface area contributed by atoms with Crippen LogP contribution in [0, 0.1) is 23.4 Å².